The number of likely N-dealkylation sites (tertiary alicyclic amines) is 1. The molecular weight excluding hydrogens is 704 g/mol. The van der Waals surface area contributed by atoms with Gasteiger partial charge < -0.3 is 24.4 Å². The van der Waals surface area contributed by atoms with Gasteiger partial charge in [0.25, 0.3) is 5.91 Å². The normalized spacial score (nSPS) is 23.3. The van der Waals surface area contributed by atoms with Crippen molar-refractivity contribution >= 4 is 54.6 Å². The molecule has 2 N–H and O–H groups in total. The number of methoxy groups -OCH3 is 1. The van der Waals surface area contributed by atoms with Crippen molar-refractivity contribution in [3.8, 4) is 17.4 Å². The standard InChI is InChI=1S/C34H37BrN4O8S/c1-4-21-18-34(21,33(42)38-48(43,44)23-11-12-23)37-32(41)25-16-22(19-39(25)29(40)15-20-9-7-6-8-10-20)47-27-17-28(46-5-2)36-31-24(27)13-14-26(45-3)30(31)35/h4,6-10,13-14,17,21-23,25H,1,5,11-12,15-16,18-19H2,2-3H3,(H,37,41)(H,38,42)/t21-,22-,25-,34-/m1/s1. The average molecular weight is 742 g/mol. The van der Waals surface area contributed by atoms with Crippen LogP contribution in [0.3, 0.4) is 0 Å². The molecule has 254 valence electrons. The van der Waals surface area contributed by atoms with Crippen LogP contribution < -0.4 is 24.2 Å². The maximum Gasteiger partial charge on any atom is 0.259 e. The van der Waals surface area contributed by atoms with Crippen molar-refractivity contribution in [1.29, 1.82) is 0 Å². The van der Waals surface area contributed by atoms with Gasteiger partial charge in [-0.1, -0.05) is 36.4 Å². The van der Waals surface area contributed by atoms with Crippen LogP contribution in [0.15, 0.2) is 65.7 Å². The molecule has 14 heteroatoms. The molecule has 3 aliphatic rings. The monoisotopic (exact) mass is 740 g/mol. The number of rotatable bonds is 13. The van der Waals surface area contributed by atoms with Crippen LogP contribution in [0.2, 0.25) is 0 Å². The highest BCUT2D eigenvalue weighted by Gasteiger charge is 2.62. The summed E-state index contributed by atoms with van der Waals surface area (Å²) in [5, 5.41) is 2.87. The van der Waals surface area contributed by atoms with Crippen LogP contribution in [0.25, 0.3) is 10.9 Å². The number of carbonyl (C=O) groups is 3. The fourth-order valence-corrected chi connectivity index (χ4v) is 8.10. The molecule has 2 heterocycles. The summed E-state index contributed by atoms with van der Waals surface area (Å²) < 4.78 is 45.7. The van der Waals surface area contributed by atoms with E-state index in [0.717, 1.165) is 5.56 Å². The molecular formula is C34H37BrN4O8S. The van der Waals surface area contributed by atoms with E-state index in [1.807, 2.05) is 43.3 Å². The molecule has 0 spiro atoms. The minimum absolute atomic E-state index is 0.0529. The fourth-order valence-electron chi connectivity index (χ4n) is 6.14. The van der Waals surface area contributed by atoms with E-state index in [0.29, 0.717) is 52.2 Å². The van der Waals surface area contributed by atoms with Gasteiger partial charge in [-0.2, -0.15) is 0 Å². The second-order valence-corrected chi connectivity index (χ2v) is 15.0. The van der Waals surface area contributed by atoms with Crippen molar-refractivity contribution in [3.05, 3.63) is 71.2 Å². The molecule has 48 heavy (non-hydrogen) atoms. The third-order valence-electron chi connectivity index (χ3n) is 8.96. The second-order valence-electron chi connectivity index (χ2n) is 12.3. The zero-order chi connectivity index (χ0) is 34.2. The molecule has 2 aromatic carbocycles. The number of hydrogen-bond donors (Lipinski definition) is 2. The summed E-state index contributed by atoms with van der Waals surface area (Å²) >= 11 is 3.57. The predicted octanol–water partition coefficient (Wildman–Crippen LogP) is 3.66. The van der Waals surface area contributed by atoms with Crippen LogP contribution in [0, 0.1) is 5.92 Å². The summed E-state index contributed by atoms with van der Waals surface area (Å²) in [5.41, 5.74) is -0.147. The highest BCUT2D eigenvalue weighted by atomic mass is 79.9. The molecule has 3 fully saturated rings. The molecule has 12 nitrogen and oxygen atoms in total. The van der Waals surface area contributed by atoms with Crippen LogP contribution in [0.1, 0.15) is 38.2 Å². The lowest BCUT2D eigenvalue weighted by Gasteiger charge is -2.26. The molecule has 0 radical (unpaired) electrons. The summed E-state index contributed by atoms with van der Waals surface area (Å²) in [5.74, 6) is -0.777. The topological polar surface area (TPSA) is 153 Å². The smallest absolute Gasteiger partial charge is 0.259 e. The summed E-state index contributed by atoms with van der Waals surface area (Å²) in [7, 11) is -2.29. The Bertz CT molecular complexity index is 1870. The average Bonchev–Trinajstić information content (AvgIpc) is 3.99. The van der Waals surface area contributed by atoms with E-state index in [4.69, 9.17) is 14.2 Å². The first kappa shape index (κ1) is 33.7. The van der Waals surface area contributed by atoms with Crippen LogP contribution in [0.4, 0.5) is 0 Å². The Kier molecular flexibility index (Phi) is 9.40. The SMILES string of the molecule is C=C[C@@H]1C[C@]1(NC(=O)[C@H]1C[C@@H](Oc2cc(OCC)nc3c(Br)c(OC)ccc23)CN1C(=O)Cc1ccccc1)C(=O)NS(=O)(=O)C1CC1. The van der Waals surface area contributed by atoms with Gasteiger partial charge in [-0.25, -0.2) is 13.4 Å². The highest BCUT2D eigenvalue weighted by molar-refractivity contribution is 9.10. The Morgan fingerprint density at radius 1 is 1.15 bits per heavy atom. The summed E-state index contributed by atoms with van der Waals surface area (Å²) in [6.45, 7) is 6.07. The van der Waals surface area contributed by atoms with Crippen molar-refractivity contribution in [2.45, 2.75) is 62.0 Å². The van der Waals surface area contributed by atoms with Gasteiger partial charge in [-0.05, 0) is 59.8 Å². The Balaban J connectivity index is 1.28. The van der Waals surface area contributed by atoms with E-state index >= 15 is 0 Å². The van der Waals surface area contributed by atoms with Crippen molar-refractivity contribution in [1.82, 2.24) is 19.9 Å². The van der Waals surface area contributed by atoms with E-state index in [2.05, 4.69) is 37.5 Å². The summed E-state index contributed by atoms with van der Waals surface area (Å²) in [4.78, 5) is 47.2. The molecule has 1 aromatic heterocycles. The van der Waals surface area contributed by atoms with E-state index in [1.165, 1.54) is 11.0 Å². The summed E-state index contributed by atoms with van der Waals surface area (Å²) in [6.07, 6.45) is 2.25. The maximum atomic E-state index is 14.0. The van der Waals surface area contributed by atoms with Crippen LogP contribution >= 0.6 is 15.9 Å². The number of sulfonamides is 1. The molecule has 0 bridgehead atoms. The van der Waals surface area contributed by atoms with E-state index in [-0.39, 0.29) is 31.7 Å². The molecule has 0 unspecified atom stereocenters. The molecule has 3 amide bonds. The number of pyridine rings is 1. The van der Waals surface area contributed by atoms with Gasteiger partial charge in [0.2, 0.25) is 27.7 Å². The van der Waals surface area contributed by atoms with Gasteiger partial charge >= 0.3 is 0 Å². The quantitative estimate of drug-likeness (QED) is 0.250. The van der Waals surface area contributed by atoms with Crippen molar-refractivity contribution in [2.24, 2.45) is 5.92 Å². The summed E-state index contributed by atoms with van der Waals surface area (Å²) in [6, 6.07) is 13.5. The van der Waals surface area contributed by atoms with Gasteiger partial charge in [0.15, 0.2) is 0 Å². The molecule has 6 rings (SSSR count). The number of nitrogens with zero attached hydrogens (tertiary/aromatic N) is 2. The third-order valence-corrected chi connectivity index (χ3v) is 11.5. The van der Waals surface area contributed by atoms with Gasteiger partial charge in [0, 0.05) is 23.8 Å². The molecule has 1 saturated heterocycles. The number of aromatic nitrogens is 1. The number of ether oxygens (including phenoxy) is 3. The zero-order valence-electron chi connectivity index (χ0n) is 26.6. The van der Waals surface area contributed by atoms with E-state index in [9.17, 15) is 22.8 Å². The number of benzene rings is 2. The molecule has 4 atom stereocenters. The lowest BCUT2D eigenvalue weighted by molar-refractivity contribution is -0.139. The molecule has 3 aromatic rings. The van der Waals surface area contributed by atoms with Gasteiger partial charge in [0.05, 0.1) is 41.9 Å². The molecule has 2 saturated carbocycles. The van der Waals surface area contributed by atoms with Crippen LogP contribution in [0.5, 0.6) is 17.4 Å². The lowest BCUT2D eigenvalue weighted by Crippen LogP contribution is -2.56. The number of amides is 3. The van der Waals surface area contributed by atoms with Crippen molar-refractivity contribution in [3.63, 3.8) is 0 Å². The first-order valence-corrected chi connectivity index (χ1v) is 18.1. The minimum atomic E-state index is -3.85. The van der Waals surface area contributed by atoms with E-state index < -0.39 is 50.7 Å². The van der Waals surface area contributed by atoms with Gasteiger partial charge in [-0.15, -0.1) is 6.58 Å². The number of fused-ring (bicyclic) bond motifs is 1. The van der Waals surface area contributed by atoms with Crippen molar-refractivity contribution < 1.29 is 37.0 Å². The Morgan fingerprint density at radius 3 is 2.54 bits per heavy atom. The van der Waals surface area contributed by atoms with E-state index in [1.54, 1.807) is 19.2 Å². The van der Waals surface area contributed by atoms with Gasteiger partial charge in [0.1, 0.15) is 29.2 Å². The van der Waals surface area contributed by atoms with Crippen molar-refractivity contribution in [2.75, 3.05) is 20.3 Å². The zero-order valence-corrected chi connectivity index (χ0v) is 29.0. The Morgan fingerprint density at radius 2 is 1.90 bits per heavy atom. The van der Waals surface area contributed by atoms with Gasteiger partial charge in [-0.3, -0.25) is 19.1 Å². The largest absolute Gasteiger partial charge is 0.495 e. The number of nitrogens with one attached hydrogen (secondary N) is 2. The third kappa shape index (κ3) is 6.73. The second kappa shape index (κ2) is 13.4. The number of hydrogen-bond acceptors (Lipinski definition) is 9. The minimum Gasteiger partial charge on any atom is -0.495 e. The first-order chi connectivity index (χ1) is 23.0. The Labute approximate surface area is 287 Å². The predicted molar refractivity (Wildman–Crippen MR) is 181 cm³/mol. The lowest BCUT2D eigenvalue weighted by atomic mass is 10.1. The fraction of sp³-hybridized carbons (Fsp3) is 0.412. The highest BCUT2D eigenvalue weighted by Crippen LogP contribution is 2.46. The number of halogens is 1. The van der Waals surface area contributed by atoms with Crippen LogP contribution in [-0.2, 0) is 30.8 Å². The molecule has 2 aliphatic carbocycles. The maximum absolute atomic E-state index is 14.0. The first-order valence-electron chi connectivity index (χ1n) is 15.8. The Hall–Kier alpha value is -4.17. The molecule has 1 aliphatic heterocycles. The number of carbonyl (C=O) groups excluding carboxylic acids is 3. The van der Waals surface area contributed by atoms with Crippen LogP contribution in [-0.4, -0.2) is 79.2 Å².